The molecule has 0 saturated heterocycles. The van der Waals surface area contributed by atoms with E-state index in [2.05, 4.69) is 17.2 Å². The average Bonchev–Trinajstić information content (AvgIpc) is 2.63. The van der Waals surface area contributed by atoms with Crippen LogP contribution in [-0.2, 0) is 6.54 Å². The highest BCUT2D eigenvalue weighted by atomic mass is 19.1. The van der Waals surface area contributed by atoms with Gasteiger partial charge in [-0.3, -0.25) is 9.36 Å². The van der Waals surface area contributed by atoms with E-state index in [9.17, 15) is 19.6 Å². The second-order valence-corrected chi connectivity index (χ2v) is 5.98. The van der Waals surface area contributed by atoms with Crippen molar-refractivity contribution in [1.82, 2.24) is 4.57 Å². The van der Waals surface area contributed by atoms with Gasteiger partial charge >= 0.3 is 0 Å². The van der Waals surface area contributed by atoms with Crippen LogP contribution >= 0.6 is 0 Å². The lowest BCUT2D eigenvalue weighted by molar-refractivity contribution is 0.397. The van der Waals surface area contributed by atoms with Crippen molar-refractivity contribution < 1.29 is 9.50 Å². The molecule has 1 N–H and O–H groups in total. The molecule has 0 bridgehead atoms. The van der Waals surface area contributed by atoms with E-state index >= 15 is 0 Å². The van der Waals surface area contributed by atoms with Crippen LogP contribution in [-0.4, -0.2) is 9.67 Å². The first-order valence-electron chi connectivity index (χ1n) is 8.53. The highest BCUT2D eigenvalue weighted by Gasteiger charge is 2.18. The number of aromatic hydroxyl groups is 1. The molecule has 0 aliphatic carbocycles. The molecule has 7 heteroatoms. The molecule has 0 aliphatic rings. The van der Waals surface area contributed by atoms with Crippen LogP contribution < -0.4 is 5.56 Å². The smallest absolute Gasteiger partial charge is 0.281 e. The molecule has 1 heterocycles. The molecule has 26 heavy (non-hydrogen) atoms. The molecule has 136 valence electrons. The zero-order chi connectivity index (χ0) is 19.1. The highest BCUT2D eigenvalue weighted by Crippen LogP contribution is 2.27. The van der Waals surface area contributed by atoms with Crippen LogP contribution in [0.3, 0.4) is 0 Å². The van der Waals surface area contributed by atoms with Gasteiger partial charge in [0.05, 0.1) is 5.69 Å². The van der Waals surface area contributed by atoms with Gasteiger partial charge in [-0.15, -0.1) is 5.11 Å². The Bertz CT molecular complexity index is 896. The van der Waals surface area contributed by atoms with Crippen molar-refractivity contribution in [2.45, 2.75) is 46.1 Å². The number of aromatic nitrogens is 1. The van der Waals surface area contributed by atoms with E-state index in [1.54, 1.807) is 6.92 Å². The fraction of sp³-hybridized carbons (Fsp3) is 0.368. The summed E-state index contributed by atoms with van der Waals surface area (Å²) in [7, 11) is 0. The summed E-state index contributed by atoms with van der Waals surface area (Å²) >= 11 is 0. The van der Waals surface area contributed by atoms with Crippen LogP contribution in [0.1, 0.15) is 43.7 Å². The zero-order valence-electron chi connectivity index (χ0n) is 14.9. The number of pyridine rings is 1. The van der Waals surface area contributed by atoms with Gasteiger partial charge in [-0.1, -0.05) is 26.2 Å². The summed E-state index contributed by atoms with van der Waals surface area (Å²) in [6, 6.07) is 7.27. The summed E-state index contributed by atoms with van der Waals surface area (Å²) in [5.41, 5.74) is 0.158. The summed E-state index contributed by atoms with van der Waals surface area (Å²) < 4.78 is 14.1. The van der Waals surface area contributed by atoms with Crippen LogP contribution in [0.5, 0.6) is 5.88 Å². The maximum atomic E-state index is 13.0. The van der Waals surface area contributed by atoms with Gasteiger partial charge in [0.15, 0.2) is 5.69 Å². The SMILES string of the molecule is CCCCCCn1c(O)c(C#N)c(C)c(N=Nc2ccc(F)cc2)c1=O. The van der Waals surface area contributed by atoms with Crippen molar-refractivity contribution in [2.75, 3.05) is 0 Å². The van der Waals surface area contributed by atoms with E-state index in [1.807, 2.05) is 6.07 Å². The Hall–Kier alpha value is -3.01. The molecule has 6 nitrogen and oxygen atoms in total. The summed E-state index contributed by atoms with van der Waals surface area (Å²) in [6.45, 7) is 3.93. The maximum Gasteiger partial charge on any atom is 0.281 e. The Labute approximate surface area is 151 Å². The molecule has 0 amide bonds. The lowest BCUT2D eigenvalue weighted by Crippen LogP contribution is -2.22. The standard InChI is InChI=1S/C19H21FN4O2/c1-3-4-5-6-11-24-18(25)16(12-21)13(2)17(19(24)26)23-22-15-9-7-14(20)8-10-15/h7-10,25H,3-6,11H2,1-2H3. The number of benzene rings is 1. The Morgan fingerprint density at radius 1 is 1.19 bits per heavy atom. The van der Waals surface area contributed by atoms with Crippen LogP contribution in [0.2, 0.25) is 0 Å². The first-order valence-corrected chi connectivity index (χ1v) is 8.53. The number of azo groups is 1. The number of rotatable bonds is 7. The first-order chi connectivity index (χ1) is 12.5. The molecular formula is C19H21FN4O2. The molecule has 0 atom stereocenters. The molecule has 0 aliphatic heterocycles. The third kappa shape index (κ3) is 4.33. The molecule has 2 rings (SSSR count). The minimum atomic E-state index is -0.499. The van der Waals surface area contributed by atoms with Crippen molar-refractivity contribution in [3.63, 3.8) is 0 Å². The lowest BCUT2D eigenvalue weighted by atomic mass is 10.1. The minimum absolute atomic E-state index is 0.000772. The predicted octanol–water partition coefficient (Wildman–Crippen LogP) is 4.87. The quantitative estimate of drug-likeness (QED) is 0.567. The summed E-state index contributed by atoms with van der Waals surface area (Å²) in [4.78, 5) is 12.7. The average molecular weight is 356 g/mol. The number of nitriles is 1. The van der Waals surface area contributed by atoms with Gasteiger partial charge in [-0.05, 0) is 37.6 Å². The van der Waals surface area contributed by atoms with E-state index < -0.39 is 11.4 Å². The van der Waals surface area contributed by atoms with Crippen LogP contribution in [0.4, 0.5) is 15.8 Å². The fourth-order valence-corrected chi connectivity index (χ4v) is 2.58. The molecule has 0 spiro atoms. The molecule has 2 aromatic rings. The predicted molar refractivity (Wildman–Crippen MR) is 96.5 cm³/mol. The van der Waals surface area contributed by atoms with Crippen molar-refractivity contribution in [3.05, 3.63) is 51.6 Å². The first kappa shape index (κ1) is 19.3. The normalized spacial score (nSPS) is 11.0. The van der Waals surface area contributed by atoms with Gasteiger partial charge in [-0.25, -0.2) is 4.39 Å². The topological polar surface area (TPSA) is 90.7 Å². The number of hydrogen-bond donors (Lipinski definition) is 1. The molecule has 1 aromatic carbocycles. The molecule has 0 radical (unpaired) electrons. The van der Waals surface area contributed by atoms with Gasteiger partial charge in [0, 0.05) is 12.1 Å². The number of halogens is 1. The van der Waals surface area contributed by atoms with E-state index in [0.29, 0.717) is 18.7 Å². The van der Waals surface area contributed by atoms with Gasteiger partial charge in [0.25, 0.3) is 5.56 Å². The third-order valence-electron chi connectivity index (χ3n) is 4.10. The van der Waals surface area contributed by atoms with Crippen molar-refractivity contribution in [1.29, 1.82) is 5.26 Å². The summed E-state index contributed by atoms with van der Waals surface area (Å²) in [5, 5.41) is 27.5. The Morgan fingerprint density at radius 3 is 2.50 bits per heavy atom. The second-order valence-electron chi connectivity index (χ2n) is 5.98. The second kappa shape index (κ2) is 8.90. The Morgan fingerprint density at radius 2 is 1.88 bits per heavy atom. The monoisotopic (exact) mass is 356 g/mol. The fourth-order valence-electron chi connectivity index (χ4n) is 2.58. The summed E-state index contributed by atoms with van der Waals surface area (Å²) in [6.07, 6.45) is 3.72. The minimum Gasteiger partial charge on any atom is -0.493 e. The summed E-state index contributed by atoms with van der Waals surface area (Å²) in [5.74, 6) is -0.738. The van der Waals surface area contributed by atoms with Crippen LogP contribution in [0.15, 0.2) is 39.3 Å². The Balaban J connectivity index is 2.43. The van der Waals surface area contributed by atoms with Gasteiger partial charge < -0.3 is 5.11 Å². The highest BCUT2D eigenvalue weighted by molar-refractivity contribution is 5.56. The van der Waals surface area contributed by atoms with Gasteiger partial charge in [0.1, 0.15) is 17.4 Å². The molecule has 0 unspecified atom stereocenters. The number of nitrogens with zero attached hydrogens (tertiary/aromatic N) is 4. The van der Waals surface area contributed by atoms with Gasteiger partial charge in [-0.2, -0.15) is 10.4 Å². The maximum absolute atomic E-state index is 13.0. The number of hydrogen-bond acceptors (Lipinski definition) is 5. The van der Waals surface area contributed by atoms with Crippen molar-refractivity contribution >= 4 is 11.4 Å². The molecule has 0 fully saturated rings. The molecule has 0 saturated carbocycles. The van der Waals surface area contributed by atoms with Crippen LogP contribution in [0, 0.1) is 24.1 Å². The Kier molecular flexibility index (Phi) is 6.61. The molecular weight excluding hydrogens is 335 g/mol. The van der Waals surface area contributed by atoms with E-state index in [-0.39, 0.29) is 22.7 Å². The van der Waals surface area contributed by atoms with E-state index in [4.69, 9.17) is 0 Å². The van der Waals surface area contributed by atoms with E-state index in [1.165, 1.54) is 28.8 Å². The van der Waals surface area contributed by atoms with Crippen molar-refractivity contribution in [2.24, 2.45) is 10.2 Å². The largest absolute Gasteiger partial charge is 0.493 e. The van der Waals surface area contributed by atoms with Crippen molar-refractivity contribution in [3.8, 4) is 11.9 Å². The van der Waals surface area contributed by atoms with Gasteiger partial charge in [0.2, 0.25) is 5.88 Å². The molecule has 1 aromatic heterocycles. The number of unbranched alkanes of at least 4 members (excludes halogenated alkanes) is 3. The van der Waals surface area contributed by atoms with E-state index in [0.717, 1.165) is 19.3 Å². The van der Waals surface area contributed by atoms with Crippen LogP contribution in [0.25, 0.3) is 0 Å². The zero-order valence-corrected chi connectivity index (χ0v) is 14.9. The third-order valence-corrected chi connectivity index (χ3v) is 4.10. The lowest BCUT2D eigenvalue weighted by Gasteiger charge is -2.12.